The van der Waals surface area contributed by atoms with Crippen molar-refractivity contribution in [3.8, 4) is 6.07 Å². The third-order valence-corrected chi connectivity index (χ3v) is 4.15. The van der Waals surface area contributed by atoms with Gasteiger partial charge in [-0.3, -0.25) is 4.90 Å². The van der Waals surface area contributed by atoms with Crippen LogP contribution in [0.2, 0.25) is 0 Å². The van der Waals surface area contributed by atoms with E-state index in [0.717, 1.165) is 56.4 Å². The Bertz CT molecular complexity index is 461. The maximum Gasteiger partial charge on any atom is 0.0995 e. The quantitative estimate of drug-likeness (QED) is 0.779. The number of methoxy groups -OCH3 is 1. The number of likely N-dealkylation sites (tertiary alicyclic amines) is 1. The third kappa shape index (κ3) is 5.13. The van der Waals surface area contributed by atoms with Crippen LogP contribution in [0, 0.1) is 17.2 Å². The molecule has 0 aliphatic carbocycles. The topological polar surface area (TPSA) is 48.3 Å². The van der Waals surface area contributed by atoms with E-state index < -0.39 is 0 Å². The predicted octanol–water partition coefficient (Wildman–Crippen LogP) is 2.01. The lowest BCUT2D eigenvalue weighted by Crippen LogP contribution is -2.37. The number of ether oxygens (including phenoxy) is 1. The zero-order valence-corrected chi connectivity index (χ0v) is 12.8. The van der Waals surface area contributed by atoms with Crippen LogP contribution in [0.4, 0.5) is 0 Å². The predicted molar refractivity (Wildman–Crippen MR) is 83.9 cm³/mol. The van der Waals surface area contributed by atoms with Crippen LogP contribution in [0.3, 0.4) is 0 Å². The molecule has 21 heavy (non-hydrogen) atoms. The molecule has 0 saturated carbocycles. The van der Waals surface area contributed by atoms with Crippen molar-refractivity contribution in [2.75, 3.05) is 39.9 Å². The zero-order valence-electron chi connectivity index (χ0n) is 12.8. The van der Waals surface area contributed by atoms with Gasteiger partial charge in [0.2, 0.25) is 0 Å². The van der Waals surface area contributed by atoms with E-state index in [-0.39, 0.29) is 0 Å². The SMILES string of the molecule is COCCNCC1CCN(Cc2ccccc2C#N)CC1. The summed E-state index contributed by atoms with van der Waals surface area (Å²) in [7, 11) is 1.74. The lowest BCUT2D eigenvalue weighted by Gasteiger charge is -2.32. The molecule has 1 aliphatic heterocycles. The first-order valence-electron chi connectivity index (χ1n) is 7.73. The van der Waals surface area contributed by atoms with E-state index in [1.165, 1.54) is 12.8 Å². The minimum atomic E-state index is 0.768. The number of nitrogens with one attached hydrogen (secondary N) is 1. The summed E-state index contributed by atoms with van der Waals surface area (Å²) in [6, 6.07) is 10.2. The number of benzene rings is 1. The molecule has 114 valence electrons. The molecule has 0 spiro atoms. The van der Waals surface area contributed by atoms with Crippen LogP contribution < -0.4 is 5.32 Å². The molecule has 0 atom stereocenters. The first-order chi connectivity index (χ1) is 10.3. The van der Waals surface area contributed by atoms with Gasteiger partial charge in [-0.15, -0.1) is 0 Å². The van der Waals surface area contributed by atoms with Crippen molar-refractivity contribution in [1.29, 1.82) is 5.26 Å². The van der Waals surface area contributed by atoms with Crippen LogP contribution in [-0.4, -0.2) is 44.8 Å². The molecule has 1 fully saturated rings. The van der Waals surface area contributed by atoms with E-state index in [9.17, 15) is 0 Å². The van der Waals surface area contributed by atoms with Crippen molar-refractivity contribution in [3.05, 3.63) is 35.4 Å². The Hall–Kier alpha value is -1.41. The van der Waals surface area contributed by atoms with Gasteiger partial charge in [0, 0.05) is 20.2 Å². The largest absolute Gasteiger partial charge is 0.383 e. The highest BCUT2D eigenvalue weighted by Gasteiger charge is 2.19. The van der Waals surface area contributed by atoms with E-state index >= 15 is 0 Å². The summed E-state index contributed by atoms with van der Waals surface area (Å²) >= 11 is 0. The summed E-state index contributed by atoms with van der Waals surface area (Å²) in [4.78, 5) is 2.46. The third-order valence-electron chi connectivity index (χ3n) is 4.15. The molecule has 1 aromatic carbocycles. The molecule has 1 aliphatic rings. The minimum absolute atomic E-state index is 0.768. The van der Waals surface area contributed by atoms with Crippen LogP contribution in [-0.2, 0) is 11.3 Å². The second kappa shape index (κ2) is 8.78. The fourth-order valence-corrected chi connectivity index (χ4v) is 2.84. The molecular formula is C17H25N3O. The first-order valence-corrected chi connectivity index (χ1v) is 7.73. The molecule has 4 heteroatoms. The van der Waals surface area contributed by atoms with Crippen molar-refractivity contribution < 1.29 is 4.74 Å². The smallest absolute Gasteiger partial charge is 0.0995 e. The molecule has 1 heterocycles. The van der Waals surface area contributed by atoms with Gasteiger partial charge in [0.1, 0.15) is 0 Å². The molecule has 0 bridgehead atoms. The van der Waals surface area contributed by atoms with Crippen LogP contribution in [0.25, 0.3) is 0 Å². The normalized spacial score (nSPS) is 16.8. The van der Waals surface area contributed by atoms with Gasteiger partial charge in [-0.1, -0.05) is 18.2 Å². The lowest BCUT2D eigenvalue weighted by atomic mass is 9.96. The highest BCUT2D eigenvalue weighted by Crippen LogP contribution is 2.19. The highest BCUT2D eigenvalue weighted by atomic mass is 16.5. The number of hydrogen-bond acceptors (Lipinski definition) is 4. The Labute approximate surface area is 127 Å². The molecule has 1 aromatic rings. The van der Waals surface area contributed by atoms with Crippen molar-refractivity contribution in [2.45, 2.75) is 19.4 Å². The highest BCUT2D eigenvalue weighted by molar-refractivity contribution is 5.37. The van der Waals surface area contributed by atoms with Gasteiger partial charge >= 0.3 is 0 Å². The van der Waals surface area contributed by atoms with Crippen LogP contribution >= 0.6 is 0 Å². The Balaban J connectivity index is 1.73. The monoisotopic (exact) mass is 287 g/mol. The van der Waals surface area contributed by atoms with Gasteiger partial charge in [-0.05, 0) is 50.0 Å². The summed E-state index contributed by atoms with van der Waals surface area (Å²) in [5.74, 6) is 0.768. The van der Waals surface area contributed by atoms with E-state index in [2.05, 4.69) is 22.4 Å². The summed E-state index contributed by atoms with van der Waals surface area (Å²) < 4.78 is 5.04. The molecule has 0 unspecified atom stereocenters. The standard InChI is InChI=1S/C17H25N3O/c1-21-11-8-19-13-15-6-9-20(10-7-15)14-17-5-3-2-4-16(17)12-18/h2-5,15,19H,6-11,13-14H2,1H3. The maximum absolute atomic E-state index is 9.14. The van der Waals surface area contributed by atoms with Gasteiger partial charge in [0.15, 0.2) is 0 Å². The summed E-state index contributed by atoms with van der Waals surface area (Å²) in [6.45, 7) is 5.95. The lowest BCUT2D eigenvalue weighted by molar-refractivity contribution is 0.168. The average Bonchev–Trinajstić information content (AvgIpc) is 2.54. The number of hydrogen-bond donors (Lipinski definition) is 1. The number of piperidine rings is 1. The van der Waals surface area contributed by atoms with Gasteiger partial charge in [-0.2, -0.15) is 5.26 Å². The molecule has 0 radical (unpaired) electrons. The van der Waals surface area contributed by atoms with Crippen LogP contribution in [0.15, 0.2) is 24.3 Å². The fraction of sp³-hybridized carbons (Fsp3) is 0.588. The maximum atomic E-state index is 9.14. The second-order valence-electron chi connectivity index (χ2n) is 5.69. The fourth-order valence-electron chi connectivity index (χ4n) is 2.84. The summed E-state index contributed by atoms with van der Waals surface area (Å²) in [6.07, 6.45) is 2.46. The molecule has 1 saturated heterocycles. The van der Waals surface area contributed by atoms with Gasteiger partial charge in [0.05, 0.1) is 18.2 Å². The molecule has 0 aromatic heterocycles. The van der Waals surface area contributed by atoms with E-state index in [0.29, 0.717) is 0 Å². The van der Waals surface area contributed by atoms with E-state index in [1.54, 1.807) is 7.11 Å². The van der Waals surface area contributed by atoms with Crippen molar-refractivity contribution >= 4 is 0 Å². The molecular weight excluding hydrogens is 262 g/mol. The Morgan fingerprint density at radius 1 is 1.33 bits per heavy atom. The number of nitriles is 1. The van der Waals surface area contributed by atoms with Gasteiger partial charge in [-0.25, -0.2) is 0 Å². The van der Waals surface area contributed by atoms with Crippen LogP contribution in [0.1, 0.15) is 24.0 Å². The van der Waals surface area contributed by atoms with Gasteiger partial charge in [0.25, 0.3) is 0 Å². The minimum Gasteiger partial charge on any atom is -0.383 e. The van der Waals surface area contributed by atoms with Crippen molar-refractivity contribution in [1.82, 2.24) is 10.2 Å². The Morgan fingerprint density at radius 3 is 2.81 bits per heavy atom. The molecule has 0 amide bonds. The zero-order chi connectivity index (χ0) is 14.9. The van der Waals surface area contributed by atoms with E-state index in [1.807, 2.05) is 18.2 Å². The van der Waals surface area contributed by atoms with Crippen molar-refractivity contribution in [2.24, 2.45) is 5.92 Å². The number of nitrogens with zero attached hydrogens (tertiary/aromatic N) is 2. The van der Waals surface area contributed by atoms with Crippen LogP contribution in [0.5, 0.6) is 0 Å². The molecule has 2 rings (SSSR count). The molecule has 1 N–H and O–H groups in total. The second-order valence-corrected chi connectivity index (χ2v) is 5.69. The summed E-state index contributed by atoms with van der Waals surface area (Å²) in [5, 5.41) is 12.6. The van der Waals surface area contributed by atoms with Crippen molar-refractivity contribution in [3.63, 3.8) is 0 Å². The Morgan fingerprint density at radius 2 is 2.10 bits per heavy atom. The summed E-state index contributed by atoms with van der Waals surface area (Å²) in [5.41, 5.74) is 1.96. The average molecular weight is 287 g/mol. The van der Waals surface area contributed by atoms with Gasteiger partial charge < -0.3 is 10.1 Å². The van der Waals surface area contributed by atoms with E-state index in [4.69, 9.17) is 10.00 Å². The Kier molecular flexibility index (Phi) is 6.68. The molecule has 4 nitrogen and oxygen atoms in total. The number of rotatable bonds is 7. The first kappa shape index (κ1) is 16.0.